The van der Waals surface area contributed by atoms with Crippen LogP contribution in [0.3, 0.4) is 0 Å². The van der Waals surface area contributed by atoms with E-state index in [1.807, 2.05) is 7.05 Å². The van der Waals surface area contributed by atoms with Crippen molar-refractivity contribution < 1.29 is 9.84 Å². The topological polar surface area (TPSA) is 58.7 Å². The number of aliphatic hydroxyl groups excluding tert-OH is 1. The Morgan fingerprint density at radius 3 is 2.76 bits per heavy atom. The van der Waals surface area contributed by atoms with Gasteiger partial charge in [0.15, 0.2) is 0 Å². The van der Waals surface area contributed by atoms with Crippen LogP contribution in [0.25, 0.3) is 0 Å². The lowest BCUT2D eigenvalue weighted by molar-refractivity contribution is 0.0351. The summed E-state index contributed by atoms with van der Waals surface area (Å²) < 4.78 is 4.93. The Balaban J connectivity index is 2.65. The Morgan fingerprint density at radius 2 is 2.29 bits per heavy atom. The molecule has 0 fully saturated rings. The SMILES string of the molecule is COCC(O)CN(C)C(CN)c1sccc1C. The molecule has 0 aromatic carbocycles. The predicted octanol–water partition coefficient (Wildman–Crippen LogP) is 0.995. The van der Waals surface area contributed by atoms with Crippen molar-refractivity contribution in [3.63, 3.8) is 0 Å². The van der Waals surface area contributed by atoms with Gasteiger partial charge in [-0.05, 0) is 31.0 Å². The van der Waals surface area contributed by atoms with Gasteiger partial charge in [-0.3, -0.25) is 4.90 Å². The summed E-state index contributed by atoms with van der Waals surface area (Å²) in [6.07, 6.45) is -0.473. The molecule has 0 bridgehead atoms. The van der Waals surface area contributed by atoms with Gasteiger partial charge in [-0.1, -0.05) is 0 Å². The van der Waals surface area contributed by atoms with Crippen LogP contribution >= 0.6 is 11.3 Å². The zero-order valence-electron chi connectivity index (χ0n) is 10.7. The lowest BCUT2D eigenvalue weighted by atomic mass is 10.1. The van der Waals surface area contributed by atoms with E-state index >= 15 is 0 Å². The van der Waals surface area contributed by atoms with Gasteiger partial charge in [0.05, 0.1) is 18.8 Å². The maximum atomic E-state index is 9.73. The number of aryl methyl sites for hydroxylation is 1. The molecule has 0 amide bonds. The van der Waals surface area contributed by atoms with E-state index in [0.29, 0.717) is 19.7 Å². The van der Waals surface area contributed by atoms with Gasteiger partial charge in [-0.25, -0.2) is 0 Å². The Kier molecular flexibility index (Phi) is 6.08. The molecule has 1 aromatic heterocycles. The molecule has 1 rings (SSSR count). The van der Waals surface area contributed by atoms with Crippen LogP contribution in [-0.2, 0) is 4.74 Å². The maximum absolute atomic E-state index is 9.73. The monoisotopic (exact) mass is 258 g/mol. The number of rotatable bonds is 7. The van der Waals surface area contributed by atoms with E-state index in [0.717, 1.165) is 0 Å². The number of thiophene rings is 1. The first-order valence-electron chi connectivity index (χ1n) is 5.71. The average Bonchev–Trinajstić information content (AvgIpc) is 2.66. The highest BCUT2D eigenvalue weighted by Crippen LogP contribution is 2.27. The van der Waals surface area contributed by atoms with Crippen molar-refractivity contribution in [1.29, 1.82) is 0 Å². The van der Waals surface area contributed by atoms with Crippen molar-refractivity contribution in [3.8, 4) is 0 Å². The highest BCUT2D eigenvalue weighted by Gasteiger charge is 2.20. The fourth-order valence-corrected chi connectivity index (χ4v) is 3.02. The average molecular weight is 258 g/mol. The van der Waals surface area contributed by atoms with Crippen LogP contribution in [0.5, 0.6) is 0 Å². The van der Waals surface area contributed by atoms with Crippen molar-refractivity contribution in [3.05, 3.63) is 21.9 Å². The van der Waals surface area contributed by atoms with Crippen LogP contribution < -0.4 is 5.73 Å². The largest absolute Gasteiger partial charge is 0.389 e. The van der Waals surface area contributed by atoms with Crippen molar-refractivity contribution in [2.24, 2.45) is 5.73 Å². The Hall–Kier alpha value is -0.460. The van der Waals surface area contributed by atoms with Gasteiger partial charge in [-0.15, -0.1) is 11.3 Å². The molecule has 4 nitrogen and oxygen atoms in total. The summed E-state index contributed by atoms with van der Waals surface area (Å²) in [6, 6.07) is 2.27. The van der Waals surface area contributed by atoms with Crippen molar-refractivity contribution in [2.45, 2.75) is 19.1 Å². The Labute approximate surface area is 107 Å². The number of hydrogen-bond donors (Lipinski definition) is 2. The number of methoxy groups -OCH3 is 1. The lowest BCUT2D eigenvalue weighted by Crippen LogP contribution is -2.37. The molecule has 1 aromatic rings. The van der Waals surface area contributed by atoms with Crippen LogP contribution in [0, 0.1) is 6.92 Å². The molecule has 2 atom stereocenters. The van der Waals surface area contributed by atoms with E-state index in [9.17, 15) is 5.11 Å². The highest BCUT2D eigenvalue weighted by molar-refractivity contribution is 7.10. The standard InChI is InChI=1S/C12H22N2O2S/c1-9-4-5-17-12(9)11(6-13)14(2)7-10(15)8-16-3/h4-5,10-11,15H,6-8,13H2,1-3H3. The number of aliphatic hydroxyl groups is 1. The molecule has 2 unspecified atom stereocenters. The minimum atomic E-state index is -0.473. The van der Waals surface area contributed by atoms with E-state index in [1.165, 1.54) is 10.4 Å². The van der Waals surface area contributed by atoms with Crippen molar-refractivity contribution in [1.82, 2.24) is 4.90 Å². The zero-order chi connectivity index (χ0) is 12.8. The second-order valence-corrected chi connectivity index (χ2v) is 5.22. The molecule has 0 aliphatic heterocycles. The van der Waals surface area contributed by atoms with Gasteiger partial charge in [0, 0.05) is 25.1 Å². The minimum Gasteiger partial charge on any atom is -0.389 e. The fourth-order valence-electron chi connectivity index (χ4n) is 1.92. The molecule has 1 heterocycles. The molecule has 5 heteroatoms. The number of hydrogen-bond acceptors (Lipinski definition) is 5. The smallest absolute Gasteiger partial charge is 0.0900 e. The second kappa shape index (κ2) is 7.08. The fraction of sp³-hybridized carbons (Fsp3) is 0.667. The van der Waals surface area contributed by atoms with Gasteiger partial charge >= 0.3 is 0 Å². The summed E-state index contributed by atoms with van der Waals surface area (Å²) in [6.45, 7) is 3.56. The maximum Gasteiger partial charge on any atom is 0.0900 e. The minimum absolute atomic E-state index is 0.168. The molecular formula is C12H22N2O2S. The third-order valence-corrected chi connectivity index (χ3v) is 3.94. The third-order valence-electron chi connectivity index (χ3n) is 2.82. The van der Waals surface area contributed by atoms with Crippen LogP contribution in [0.15, 0.2) is 11.4 Å². The van der Waals surface area contributed by atoms with Gasteiger partial charge in [0.25, 0.3) is 0 Å². The highest BCUT2D eigenvalue weighted by atomic mass is 32.1. The van der Waals surface area contributed by atoms with Gasteiger partial charge in [-0.2, -0.15) is 0 Å². The summed E-state index contributed by atoms with van der Waals surface area (Å²) in [5.41, 5.74) is 7.10. The molecule has 0 aliphatic carbocycles. The van der Waals surface area contributed by atoms with E-state index in [-0.39, 0.29) is 6.04 Å². The molecule has 0 saturated heterocycles. The molecule has 0 saturated carbocycles. The molecular weight excluding hydrogens is 236 g/mol. The summed E-state index contributed by atoms with van der Waals surface area (Å²) in [4.78, 5) is 3.36. The summed E-state index contributed by atoms with van der Waals surface area (Å²) in [7, 11) is 3.57. The molecule has 0 radical (unpaired) electrons. The molecule has 0 aliphatic rings. The zero-order valence-corrected chi connectivity index (χ0v) is 11.5. The number of ether oxygens (including phenoxy) is 1. The number of likely N-dealkylation sites (N-methyl/N-ethyl adjacent to an activating group) is 1. The van der Waals surface area contributed by atoms with Crippen molar-refractivity contribution in [2.75, 3.05) is 33.9 Å². The summed E-state index contributed by atoms with van der Waals surface area (Å²) in [5, 5.41) is 11.8. The Morgan fingerprint density at radius 1 is 1.59 bits per heavy atom. The van der Waals surface area contributed by atoms with Crippen LogP contribution in [-0.4, -0.2) is 50.0 Å². The molecule has 3 N–H and O–H groups in total. The van der Waals surface area contributed by atoms with E-state index in [1.54, 1.807) is 18.4 Å². The van der Waals surface area contributed by atoms with Crippen LogP contribution in [0.1, 0.15) is 16.5 Å². The number of nitrogens with zero attached hydrogens (tertiary/aromatic N) is 1. The number of nitrogens with two attached hydrogens (primary N) is 1. The molecule has 0 spiro atoms. The second-order valence-electron chi connectivity index (χ2n) is 4.27. The first kappa shape index (κ1) is 14.6. The van der Waals surface area contributed by atoms with Gasteiger partial charge in [0.2, 0.25) is 0 Å². The van der Waals surface area contributed by atoms with Crippen LogP contribution in [0.4, 0.5) is 0 Å². The first-order chi connectivity index (χ1) is 8.10. The van der Waals surface area contributed by atoms with Crippen LogP contribution in [0.2, 0.25) is 0 Å². The molecule has 17 heavy (non-hydrogen) atoms. The lowest BCUT2D eigenvalue weighted by Gasteiger charge is -2.28. The third kappa shape index (κ3) is 4.04. The van der Waals surface area contributed by atoms with E-state index in [4.69, 9.17) is 10.5 Å². The van der Waals surface area contributed by atoms with Crippen molar-refractivity contribution >= 4 is 11.3 Å². The normalized spacial score (nSPS) is 15.2. The van der Waals surface area contributed by atoms with E-state index < -0.39 is 6.10 Å². The first-order valence-corrected chi connectivity index (χ1v) is 6.59. The van der Waals surface area contributed by atoms with Gasteiger partial charge < -0.3 is 15.6 Å². The Bertz CT molecular complexity index is 330. The molecule has 98 valence electrons. The summed E-state index contributed by atoms with van der Waals surface area (Å²) in [5.74, 6) is 0. The predicted molar refractivity (Wildman–Crippen MR) is 71.4 cm³/mol. The van der Waals surface area contributed by atoms with Gasteiger partial charge in [0.1, 0.15) is 0 Å². The summed E-state index contributed by atoms with van der Waals surface area (Å²) >= 11 is 1.72. The quantitative estimate of drug-likeness (QED) is 0.766. The van der Waals surface area contributed by atoms with E-state index in [2.05, 4.69) is 23.3 Å².